The molecule has 1 fully saturated rings. The van der Waals surface area contributed by atoms with Gasteiger partial charge >= 0.3 is 0 Å². The number of aliphatic hydroxyl groups excluding tert-OH is 1. The highest BCUT2D eigenvalue weighted by molar-refractivity contribution is 9.10. The Morgan fingerprint density at radius 3 is 2.48 bits per heavy atom. The van der Waals surface area contributed by atoms with Gasteiger partial charge in [-0.2, -0.15) is 0 Å². The number of benzene rings is 1. The van der Waals surface area contributed by atoms with Gasteiger partial charge in [-0.1, -0.05) is 29.8 Å². The van der Waals surface area contributed by atoms with E-state index in [0.717, 1.165) is 30.4 Å². The van der Waals surface area contributed by atoms with E-state index in [1.807, 2.05) is 0 Å². The molecular formula is C17H25BrFNO. The van der Waals surface area contributed by atoms with Crippen LogP contribution in [0, 0.1) is 5.82 Å². The van der Waals surface area contributed by atoms with Crippen LogP contribution in [-0.4, -0.2) is 34.7 Å². The largest absolute Gasteiger partial charge is 0.391 e. The summed E-state index contributed by atoms with van der Waals surface area (Å²) < 4.78 is 14.8. The van der Waals surface area contributed by atoms with Crippen molar-refractivity contribution in [3.05, 3.63) is 34.1 Å². The second-order valence-electron chi connectivity index (χ2n) is 5.96. The van der Waals surface area contributed by atoms with E-state index in [4.69, 9.17) is 0 Å². The van der Waals surface area contributed by atoms with Crippen molar-refractivity contribution in [1.82, 2.24) is 4.90 Å². The van der Waals surface area contributed by atoms with Gasteiger partial charge in [0.2, 0.25) is 0 Å². The van der Waals surface area contributed by atoms with Crippen molar-refractivity contribution in [3.63, 3.8) is 0 Å². The predicted octanol–water partition coefficient (Wildman–Crippen LogP) is 4.15. The van der Waals surface area contributed by atoms with Gasteiger partial charge in [-0.15, -0.1) is 0 Å². The first-order chi connectivity index (χ1) is 10.0. The number of likely N-dealkylation sites (tertiary alicyclic amines) is 1. The minimum absolute atomic E-state index is 0.231. The average Bonchev–Trinajstić information content (AvgIpc) is 2.99. The number of rotatable bonds is 6. The molecule has 0 aromatic heterocycles. The monoisotopic (exact) mass is 357 g/mol. The van der Waals surface area contributed by atoms with E-state index >= 15 is 0 Å². The van der Waals surface area contributed by atoms with E-state index in [1.165, 1.54) is 18.9 Å². The molecule has 0 bridgehead atoms. The zero-order valence-corrected chi connectivity index (χ0v) is 14.5. The number of halogens is 2. The minimum Gasteiger partial charge on any atom is -0.391 e. The van der Waals surface area contributed by atoms with Crippen molar-refractivity contribution in [3.8, 4) is 0 Å². The summed E-state index contributed by atoms with van der Waals surface area (Å²) >= 11 is 3.38. The molecule has 1 aromatic carbocycles. The van der Waals surface area contributed by atoms with Crippen molar-refractivity contribution < 1.29 is 9.50 Å². The van der Waals surface area contributed by atoms with Crippen LogP contribution >= 0.6 is 15.9 Å². The second-order valence-corrected chi connectivity index (χ2v) is 6.88. The Hall–Kier alpha value is -0.450. The maximum absolute atomic E-state index is 14.0. The van der Waals surface area contributed by atoms with Crippen LogP contribution in [0.5, 0.6) is 0 Å². The number of hydrogen-bond acceptors (Lipinski definition) is 2. The third-order valence-electron chi connectivity index (χ3n) is 5.00. The summed E-state index contributed by atoms with van der Waals surface area (Å²) in [6.45, 7) is 6.34. The van der Waals surface area contributed by atoms with E-state index in [2.05, 4.69) is 34.7 Å². The topological polar surface area (TPSA) is 23.5 Å². The highest BCUT2D eigenvalue weighted by Gasteiger charge is 2.41. The normalized spacial score (nSPS) is 18.1. The molecule has 0 saturated carbocycles. The average molecular weight is 358 g/mol. The van der Waals surface area contributed by atoms with E-state index in [0.29, 0.717) is 12.0 Å². The lowest BCUT2D eigenvalue weighted by Gasteiger charge is -2.44. The van der Waals surface area contributed by atoms with E-state index < -0.39 is 6.10 Å². The van der Waals surface area contributed by atoms with Gasteiger partial charge < -0.3 is 5.11 Å². The lowest BCUT2D eigenvalue weighted by molar-refractivity contribution is -0.0273. The van der Waals surface area contributed by atoms with Crippen LogP contribution in [0.1, 0.15) is 45.1 Å². The molecule has 1 aliphatic heterocycles. The van der Waals surface area contributed by atoms with E-state index in [9.17, 15) is 9.50 Å². The summed E-state index contributed by atoms with van der Waals surface area (Å²) in [5.74, 6) is -0.236. The predicted molar refractivity (Wildman–Crippen MR) is 87.9 cm³/mol. The summed E-state index contributed by atoms with van der Waals surface area (Å²) in [6.07, 6.45) is 3.98. The Kier molecular flexibility index (Phi) is 5.81. The van der Waals surface area contributed by atoms with Crippen LogP contribution in [0.2, 0.25) is 0 Å². The van der Waals surface area contributed by atoms with E-state index in [1.54, 1.807) is 12.1 Å². The second kappa shape index (κ2) is 7.21. The van der Waals surface area contributed by atoms with Gasteiger partial charge in [-0.3, -0.25) is 4.90 Å². The summed E-state index contributed by atoms with van der Waals surface area (Å²) in [7, 11) is 0. The fourth-order valence-electron chi connectivity index (χ4n) is 3.64. The maximum atomic E-state index is 14.0. The first-order valence-corrected chi connectivity index (χ1v) is 8.70. The third-order valence-corrected chi connectivity index (χ3v) is 5.49. The Labute approximate surface area is 135 Å². The zero-order valence-electron chi connectivity index (χ0n) is 12.9. The Balaban J connectivity index is 2.22. The number of hydrogen-bond donors (Lipinski definition) is 1. The van der Waals surface area contributed by atoms with E-state index in [-0.39, 0.29) is 11.4 Å². The molecule has 2 nitrogen and oxygen atoms in total. The van der Waals surface area contributed by atoms with Crippen molar-refractivity contribution >= 4 is 15.9 Å². The Morgan fingerprint density at radius 2 is 1.90 bits per heavy atom. The molecule has 0 spiro atoms. The van der Waals surface area contributed by atoms with Crippen LogP contribution in [0.3, 0.4) is 0 Å². The Bertz CT molecular complexity index is 470. The molecule has 1 atom stereocenters. The fraction of sp³-hybridized carbons (Fsp3) is 0.647. The summed E-state index contributed by atoms with van der Waals surface area (Å²) in [4.78, 5) is 2.41. The molecule has 2 rings (SSSR count). The lowest BCUT2D eigenvalue weighted by atomic mass is 9.81. The molecule has 1 unspecified atom stereocenters. The summed E-state index contributed by atoms with van der Waals surface area (Å²) in [5, 5.41) is 10.9. The van der Waals surface area contributed by atoms with Gasteiger partial charge in [-0.05, 0) is 62.5 Å². The highest BCUT2D eigenvalue weighted by atomic mass is 79.9. The van der Waals surface area contributed by atoms with Gasteiger partial charge in [0.05, 0.1) is 6.10 Å². The first kappa shape index (κ1) is 16.9. The molecule has 1 aliphatic rings. The first-order valence-electron chi connectivity index (χ1n) is 7.90. The van der Waals surface area contributed by atoms with Crippen LogP contribution in [0.15, 0.2) is 22.7 Å². The quantitative estimate of drug-likeness (QED) is 0.826. The van der Waals surface area contributed by atoms with Gasteiger partial charge in [-0.25, -0.2) is 4.39 Å². The van der Waals surface area contributed by atoms with Gasteiger partial charge in [0.25, 0.3) is 0 Å². The SMILES string of the molecule is CCC(CC)(C(O)Cc1cc(Br)ccc1F)N1CCCC1. The minimum atomic E-state index is -0.547. The molecule has 4 heteroatoms. The van der Waals surface area contributed by atoms with Gasteiger partial charge in [0.15, 0.2) is 0 Å². The number of aliphatic hydroxyl groups is 1. The Morgan fingerprint density at radius 1 is 1.29 bits per heavy atom. The molecule has 1 saturated heterocycles. The fourth-order valence-corrected chi connectivity index (χ4v) is 4.05. The molecule has 1 N–H and O–H groups in total. The third kappa shape index (κ3) is 3.49. The van der Waals surface area contributed by atoms with Crippen LogP contribution in [0.4, 0.5) is 4.39 Å². The number of nitrogens with zero attached hydrogens (tertiary/aromatic N) is 1. The zero-order chi connectivity index (χ0) is 15.5. The van der Waals surface area contributed by atoms with Crippen molar-refractivity contribution in [2.75, 3.05) is 13.1 Å². The summed E-state index contributed by atoms with van der Waals surface area (Å²) in [5.41, 5.74) is 0.355. The molecule has 1 heterocycles. The molecule has 1 aromatic rings. The van der Waals surface area contributed by atoms with Crippen LogP contribution < -0.4 is 0 Å². The van der Waals surface area contributed by atoms with Crippen LogP contribution in [0.25, 0.3) is 0 Å². The summed E-state index contributed by atoms with van der Waals surface area (Å²) in [6, 6.07) is 4.93. The molecule has 0 aliphatic carbocycles. The standard InChI is InChI=1S/C17H25BrFNO/c1-3-17(4-2,20-9-5-6-10-20)16(21)12-13-11-14(18)7-8-15(13)19/h7-8,11,16,21H,3-6,9-10,12H2,1-2H3. The lowest BCUT2D eigenvalue weighted by Crippen LogP contribution is -2.55. The van der Waals surface area contributed by atoms with Crippen LogP contribution in [-0.2, 0) is 6.42 Å². The molecule has 0 radical (unpaired) electrons. The maximum Gasteiger partial charge on any atom is 0.126 e. The van der Waals surface area contributed by atoms with Crippen molar-refractivity contribution in [2.24, 2.45) is 0 Å². The van der Waals surface area contributed by atoms with Crippen molar-refractivity contribution in [1.29, 1.82) is 0 Å². The molecule has 21 heavy (non-hydrogen) atoms. The molecule has 118 valence electrons. The highest BCUT2D eigenvalue weighted by Crippen LogP contribution is 2.33. The van der Waals surface area contributed by atoms with Crippen molar-refractivity contribution in [2.45, 2.75) is 57.6 Å². The van der Waals surface area contributed by atoms with Gasteiger partial charge in [0, 0.05) is 16.4 Å². The molecule has 0 amide bonds. The molecular weight excluding hydrogens is 333 g/mol. The smallest absolute Gasteiger partial charge is 0.126 e. The van der Waals surface area contributed by atoms with Gasteiger partial charge in [0.1, 0.15) is 5.82 Å².